The van der Waals surface area contributed by atoms with Gasteiger partial charge in [0.15, 0.2) is 12.4 Å². The number of ether oxygens (including phenoxy) is 2. The molecule has 1 aromatic heterocycles. The fraction of sp³-hybridized carbons (Fsp3) is 0.333. The third kappa shape index (κ3) is 4.84. The molecule has 2 aromatic carbocycles. The van der Waals surface area contributed by atoms with Gasteiger partial charge in [-0.2, -0.15) is 4.31 Å². The lowest BCUT2D eigenvalue weighted by molar-refractivity contribution is -0.149. The molecular formula is C24H26N2O7S. The Balaban J connectivity index is 1.45. The van der Waals surface area contributed by atoms with Crippen LogP contribution in [0.25, 0.3) is 11.3 Å². The molecule has 34 heavy (non-hydrogen) atoms. The summed E-state index contributed by atoms with van der Waals surface area (Å²) in [5.74, 6) is 0.257. The minimum atomic E-state index is -4.00. The van der Waals surface area contributed by atoms with Crippen molar-refractivity contribution in [2.24, 2.45) is 0 Å². The Hall–Kier alpha value is -3.21. The average molecular weight is 487 g/mol. The van der Waals surface area contributed by atoms with Gasteiger partial charge in [0, 0.05) is 24.6 Å². The standard InChI is InChI=1S/C24H26N2O7S/c1-15-4-9-21(10-16(15)2)34(29,30)26-13-18(27)11-23(26)24(28)32-14-20-12-22(25-33-20)17-5-7-19(31-3)8-6-17/h4-10,12,18,23,27H,11,13-14H2,1-3H3/t18-,23-/m1/s1. The van der Waals surface area contributed by atoms with Gasteiger partial charge >= 0.3 is 5.97 Å². The second-order valence-electron chi connectivity index (χ2n) is 8.24. The molecule has 3 aromatic rings. The van der Waals surface area contributed by atoms with E-state index in [1.54, 1.807) is 37.4 Å². The lowest BCUT2D eigenvalue weighted by atomic mass is 10.1. The van der Waals surface area contributed by atoms with Crippen molar-refractivity contribution in [1.29, 1.82) is 0 Å². The third-order valence-electron chi connectivity index (χ3n) is 5.89. The number of nitrogens with zero attached hydrogens (tertiary/aromatic N) is 2. The van der Waals surface area contributed by atoms with Crippen LogP contribution in [-0.2, 0) is 26.2 Å². The number of methoxy groups -OCH3 is 1. The van der Waals surface area contributed by atoms with Gasteiger partial charge in [0.05, 0.1) is 18.1 Å². The number of aliphatic hydroxyl groups excluding tert-OH is 1. The smallest absolute Gasteiger partial charge is 0.325 e. The van der Waals surface area contributed by atoms with E-state index in [0.717, 1.165) is 21.0 Å². The molecule has 10 heteroatoms. The van der Waals surface area contributed by atoms with E-state index < -0.39 is 28.1 Å². The highest BCUT2D eigenvalue weighted by Crippen LogP contribution is 2.29. The van der Waals surface area contributed by atoms with Crippen molar-refractivity contribution in [3.05, 3.63) is 65.4 Å². The molecule has 1 aliphatic heterocycles. The first kappa shape index (κ1) is 23.9. The van der Waals surface area contributed by atoms with Gasteiger partial charge in [0.25, 0.3) is 0 Å². The molecular weight excluding hydrogens is 460 g/mol. The number of aromatic nitrogens is 1. The van der Waals surface area contributed by atoms with Crippen molar-refractivity contribution in [3.63, 3.8) is 0 Å². The van der Waals surface area contributed by atoms with Gasteiger partial charge < -0.3 is 19.1 Å². The second-order valence-corrected chi connectivity index (χ2v) is 10.1. The van der Waals surface area contributed by atoms with Gasteiger partial charge in [0.1, 0.15) is 17.5 Å². The number of rotatable bonds is 7. The lowest BCUT2D eigenvalue weighted by Crippen LogP contribution is -2.41. The summed E-state index contributed by atoms with van der Waals surface area (Å²) in [5.41, 5.74) is 3.13. The quantitative estimate of drug-likeness (QED) is 0.507. The van der Waals surface area contributed by atoms with E-state index in [-0.39, 0.29) is 24.5 Å². The second kappa shape index (κ2) is 9.57. The summed E-state index contributed by atoms with van der Waals surface area (Å²) in [4.78, 5) is 12.9. The Kier molecular flexibility index (Phi) is 6.74. The Morgan fingerprint density at radius 1 is 1.15 bits per heavy atom. The highest BCUT2D eigenvalue weighted by molar-refractivity contribution is 7.89. The maximum atomic E-state index is 13.2. The topological polar surface area (TPSA) is 119 Å². The molecule has 9 nitrogen and oxygen atoms in total. The molecule has 1 fully saturated rings. The third-order valence-corrected chi connectivity index (χ3v) is 7.76. The Labute approximate surface area is 197 Å². The van der Waals surface area contributed by atoms with Crippen molar-refractivity contribution < 1.29 is 32.3 Å². The van der Waals surface area contributed by atoms with Gasteiger partial charge in [-0.05, 0) is 61.4 Å². The molecule has 0 aliphatic carbocycles. The minimum absolute atomic E-state index is 0.0452. The van der Waals surface area contributed by atoms with Crippen molar-refractivity contribution in [2.75, 3.05) is 13.7 Å². The van der Waals surface area contributed by atoms with Gasteiger partial charge in [-0.15, -0.1) is 0 Å². The lowest BCUT2D eigenvalue weighted by Gasteiger charge is -2.22. The number of sulfonamides is 1. The predicted molar refractivity (Wildman–Crippen MR) is 123 cm³/mol. The molecule has 1 aliphatic rings. The normalized spacial score (nSPS) is 18.7. The van der Waals surface area contributed by atoms with E-state index in [0.29, 0.717) is 17.2 Å². The number of β-amino-alcohol motifs (C(OH)–C–C–N with tert-alkyl or cyclic N) is 1. The molecule has 2 atom stereocenters. The van der Waals surface area contributed by atoms with Crippen molar-refractivity contribution in [2.45, 2.75) is 43.9 Å². The Morgan fingerprint density at radius 3 is 2.56 bits per heavy atom. The molecule has 0 amide bonds. The fourth-order valence-corrected chi connectivity index (χ4v) is 5.50. The largest absolute Gasteiger partial charge is 0.497 e. The molecule has 2 heterocycles. The van der Waals surface area contributed by atoms with Crippen LogP contribution in [0.5, 0.6) is 5.75 Å². The molecule has 4 rings (SSSR count). The first-order chi connectivity index (χ1) is 16.2. The van der Waals surface area contributed by atoms with Crippen molar-refractivity contribution in [1.82, 2.24) is 9.46 Å². The van der Waals surface area contributed by atoms with Crippen LogP contribution in [0, 0.1) is 13.8 Å². The fourth-order valence-electron chi connectivity index (χ4n) is 3.79. The Morgan fingerprint density at radius 2 is 1.88 bits per heavy atom. The van der Waals surface area contributed by atoms with Crippen LogP contribution >= 0.6 is 0 Å². The summed E-state index contributed by atoms with van der Waals surface area (Å²) >= 11 is 0. The zero-order valence-corrected chi connectivity index (χ0v) is 19.9. The molecule has 1 N–H and O–H groups in total. The molecule has 0 radical (unpaired) electrons. The Bertz CT molecular complexity index is 1280. The number of carbonyl (C=O) groups is 1. The highest BCUT2D eigenvalue weighted by atomic mass is 32.2. The maximum Gasteiger partial charge on any atom is 0.325 e. The van der Waals surface area contributed by atoms with E-state index in [1.807, 2.05) is 26.0 Å². The summed E-state index contributed by atoms with van der Waals surface area (Å²) in [7, 11) is -2.42. The zero-order valence-electron chi connectivity index (χ0n) is 19.1. The molecule has 180 valence electrons. The van der Waals surface area contributed by atoms with Gasteiger partial charge in [-0.3, -0.25) is 4.79 Å². The summed E-state index contributed by atoms with van der Waals surface area (Å²) in [5, 5.41) is 14.1. The van der Waals surface area contributed by atoms with E-state index in [1.165, 1.54) is 6.07 Å². The monoisotopic (exact) mass is 486 g/mol. The summed E-state index contributed by atoms with van der Waals surface area (Å²) in [6.45, 7) is 3.30. The van der Waals surface area contributed by atoms with Gasteiger partial charge in [-0.25, -0.2) is 8.42 Å². The molecule has 0 bridgehead atoms. The summed E-state index contributed by atoms with van der Waals surface area (Å²) < 4.78 is 43.2. The van der Waals surface area contributed by atoms with Crippen LogP contribution in [0.2, 0.25) is 0 Å². The van der Waals surface area contributed by atoms with Crippen LogP contribution in [0.15, 0.2) is 57.9 Å². The number of carbonyl (C=O) groups excluding carboxylic acids is 1. The molecule has 1 saturated heterocycles. The number of aryl methyl sites for hydroxylation is 2. The zero-order chi connectivity index (χ0) is 24.5. The van der Waals surface area contributed by atoms with Crippen molar-refractivity contribution >= 4 is 16.0 Å². The number of esters is 1. The average Bonchev–Trinajstić information content (AvgIpc) is 3.46. The maximum absolute atomic E-state index is 13.2. The highest BCUT2D eigenvalue weighted by Gasteiger charge is 2.44. The van der Waals surface area contributed by atoms with Crippen LogP contribution < -0.4 is 4.74 Å². The number of aliphatic hydroxyl groups is 1. The van der Waals surface area contributed by atoms with E-state index in [9.17, 15) is 18.3 Å². The van der Waals surface area contributed by atoms with Gasteiger partial charge in [0.2, 0.25) is 10.0 Å². The minimum Gasteiger partial charge on any atom is -0.497 e. The summed E-state index contributed by atoms with van der Waals surface area (Å²) in [6.07, 6.45) is -1.01. The van der Waals surface area contributed by atoms with E-state index in [4.69, 9.17) is 14.0 Å². The molecule has 0 saturated carbocycles. The van der Waals surface area contributed by atoms with Crippen LogP contribution in [-0.4, -0.2) is 54.8 Å². The van der Waals surface area contributed by atoms with Crippen LogP contribution in [0.3, 0.4) is 0 Å². The first-order valence-electron chi connectivity index (χ1n) is 10.7. The van der Waals surface area contributed by atoms with Crippen LogP contribution in [0.1, 0.15) is 23.3 Å². The number of hydrogen-bond acceptors (Lipinski definition) is 8. The number of benzene rings is 2. The SMILES string of the molecule is COc1ccc(-c2cc(COC(=O)[C@H]3C[C@@H](O)CN3S(=O)(=O)c3ccc(C)c(C)c3)on2)cc1. The first-order valence-corrected chi connectivity index (χ1v) is 12.2. The molecule has 0 spiro atoms. The van der Waals surface area contributed by atoms with Crippen LogP contribution in [0.4, 0.5) is 0 Å². The van der Waals surface area contributed by atoms with Crippen molar-refractivity contribution in [3.8, 4) is 17.0 Å². The number of hydrogen-bond donors (Lipinski definition) is 1. The predicted octanol–water partition coefficient (Wildman–Crippen LogP) is 2.83. The van der Waals surface area contributed by atoms with Gasteiger partial charge in [-0.1, -0.05) is 11.2 Å². The van der Waals surface area contributed by atoms with E-state index >= 15 is 0 Å². The van der Waals surface area contributed by atoms with E-state index in [2.05, 4.69) is 5.16 Å². The molecule has 0 unspecified atom stereocenters. The summed E-state index contributed by atoms with van der Waals surface area (Å²) in [6, 6.07) is 12.5.